The molecule has 0 spiro atoms. The molecule has 2 nitrogen and oxygen atoms in total. The van der Waals surface area contributed by atoms with E-state index in [0.29, 0.717) is 12.1 Å². The van der Waals surface area contributed by atoms with Crippen molar-refractivity contribution < 1.29 is 17.6 Å². The molecule has 0 saturated heterocycles. The number of hydrogen-bond acceptors (Lipinski definition) is 2. The van der Waals surface area contributed by atoms with Gasteiger partial charge in [-0.15, -0.1) is 0 Å². The van der Waals surface area contributed by atoms with Crippen LogP contribution in [-0.4, -0.2) is 12.7 Å². The third-order valence-corrected chi connectivity index (χ3v) is 2.29. The van der Waals surface area contributed by atoms with Crippen LogP contribution in [0.2, 0.25) is 0 Å². The summed E-state index contributed by atoms with van der Waals surface area (Å²) in [5.74, 6) is -0.599. The molecule has 0 aliphatic rings. The Hall–Kier alpha value is -1.61. The van der Waals surface area contributed by atoms with Crippen LogP contribution in [0.1, 0.15) is 24.0 Å². The number of benzene rings is 1. The van der Waals surface area contributed by atoms with Crippen molar-refractivity contribution in [3.63, 3.8) is 0 Å². The van der Waals surface area contributed by atoms with Crippen LogP contribution >= 0.6 is 0 Å². The minimum atomic E-state index is -4.13. The van der Waals surface area contributed by atoms with Crippen molar-refractivity contribution in [2.75, 3.05) is 6.54 Å². The molecule has 1 aromatic rings. The van der Waals surface area contributed by atoms with E-state index in [1.807, 2.05) is 0 Å². The van der Waals surface area contributed by atoms with Crippen molar-refractivity contribution >= 4 is 0 Å². The standard InChI is InChI=1S/C12H12F4N2/c13-11-3-2-9(6-10(11)7-17)8-18-5-1-4-12(14,15)16/h2-3,6,18H,1,4-5,8H2. The van der Waals surface area contributed by atoms with E-state index < -0.39 is 18.4 Å². The molecule has 98 valence electrons. The molecule has 0 saturated carbocycles. The Kier molecular flexibility index (Phi) is 5.10. The van der Waals surface area contributed by atoms with Crippen molar-refractivity contribution in [2.24, 2.45) is 0 Å². The lowest BCUT2D eigenvalue weighted by Crippen LogP contribution is -2.17. The molecular weight excluding hydrogens is 248 g/mol. The summed E-state index contributed by atoms with van der Waals surface area (Å²) in [7, 11) is 0. The van der Waals surface area contributed by atoms with E-state index in [9.17, 15) is 17.6 Å². The number of halogens is 4. The number of rotatable bonds is 5. The number of alkyl halides is 3. The molecule has 18 heavy (non-hydrogen) atoms. The van der Waals surface area contributed by atoms with E-state index >= 15 is 0 Å². The molecule has 0 heterocycles. The Bertz CT molecular complexity index is 435. The van der Waals surface area contributed by atoms with Crippen molar-refractivity contribution in [1.29, 1.82) is 5.26 Å². The smallest absolute Gasteiger partial charge is 0.313 e. The van der Waals surface area contributed by atoms with Gasteiger partial charge in [-0.25, -0.2) is 4.39 Å². The first kappa shape index (κ1) is 14.5. The van der Waals surface area contributed by atoms with E-state index in [0.717, 1.165) is 0 Å². The molecule has 0 aliphatic heterocycles. The highest BCUT2D eigenvalue weighted by molar-refractivity contribution is 5.34. The quantitative estimate of drug-likeness (QED) is 0.652. The topological polar surface area (TPSA) is 35.8 Å². The van der Waals surface area contributed by atoms with Crippen LogP contribution in [0.15, 0.2) is 18.2 Å². The maximum absolute atomic E-state index is 13.0. The summed E-state index contributed by atoms with van der Waals surface area (Å²) >= 11 is 0. The third kappa shape index (κ3) is 5.15. The predicted octanol–water partition coefficient (Wildman–Crippen LogP) is 3.13. The van der Waals surface area contributed by atoms with Gasteiger partial charge < -0.3 is 5.32 Å². The summed E-state index contributed by atoms with van der Waals surface area (Å²) in [5, 5.41) is 11.4. The molecule has 6 heteroatoms. The highest BCUT2D eigenvalue weighted by Gasteiger charge is 2.25. The molecule has 0 bridgehead atoms. The van der Waals surface area contributed by atoms with Gasteiger partial charge in [0, 0.05) is 13.0 Å². The lowest BCUT2D eigenvalue weighted by Gasteiger charge is -2.07. The second-order valence-corrected chi connectivity index (χ2v) is 3.82. The van der Waals surface area contributed by atoms with Crippen LogP contribution in [0.3, 0.4) is 0 Å². The molecular formula is C12H12F4N2. The van der Waals surface area contributed by atoms with Crippen LogP contribution in [0, 0.1) is 17.1 Å². The zero-order chi connectivity index (χ0) is 13.6. The average Bonchev–Trinajstić information content (AvgIpc) is 2.29. The highest BCUT2D eigenvalue weighted by Crippen LogP contribution is 2.20. The van der Waals surface area contributed by atoms with Crippen LogP contribution in [0.4, 0.5) is 17.6 Å². The van der Waals surface area contributed by atoms with E-state index in [1.165, 1.54) is 18.2 Å². The molecule has 0 fully saturated rings. The normalized spacial score (nSPS) is 11.3. The van der Waals surface area contributed by atoms with Gasteiger partial charge in [0.1, 0.15) is 11.9 Å². The summed E-state index contributed by atoms with van der Waals surface area (Å²) in [6, 6.07) is 5.75. The maximum atomic E-state index is 13.0. The maximum Gasteiger partial charge on any atom is 0.389 e. The summed E-state index contributed by atoms with van der Waals surface area (Å²) < 4.78 is 48.5. The van der Waals surface area contributed by atoms with Gasteiger partial charge in [0.25, 0.3) is 0 Å². The summed E-state index contributed by atoms with van der Waals surface area (Å²) in [6.07, 6.45) is -4.96. The third-order valence-electron chi connectivity index (χ3n) is 2.29. The van der Waals surface area contributed by atoms with Crippen molar-refractivity contribution in [1.82, 2.24) is 5.32 Å². The van der Waals surface area contributed by atoms with Gasteiger partial charge in [-0.05, 0) is 30.7 Å². The lowest BCUT2D eigenvalue weighted by molar-refractivity contribution is -0.135. The first-order valence-corrected chi connectivity index (χ1v) is 5.38. The Morgan fingerprint density at radius 3 is 2.61 bits per heavy atom. The van der Waals surface area contributed by atoms with Crippen molar-refractivity contribution in [3.8, 4) is 6.07 Å². The predicted molar refractivity (Wildman–Crippen MR) is 58.1 cm³/mol. The largest absolute Gasteiger partial charge is 0.389 e. The molecule has 1 rings (SSSR count). The fourth-order valence-electron chi connectivity index (χ4n) is 1.41. The van der Waals surface area contributed by atoms with Crippen LogP contribution < -0.4 is 5.32 Å². The Balaban J connectivity index is 2.34. The number of nitrogens with one attached hydrogen (secondary N) is 1. The molecule has 0 atom stereocenters. The van der Waals surface area contributed by atoms with E-state index in [1.54, 1.807) is 6.07 Å². The van der Waals surface area contributed by atoms with Gasteiger partial charge in [-0.1, -0.05) is 6.07 Å². The second kappa shape index (κ2) is 6.36. The molecule has 0 amide bonds. The monoisotopic (exact) mass is 260 g/mol. The van der Waals surface area contributed by atoms with Gasteiger partial charge in [0.15, 0.2) is 0 Å². The first-order chi connectivity index (χ1) is 8.42. The van der Waals surface area contributed by atoms with Gasteiger partial charge in [0.05, 0.1) is 5.56 Å². The fourth-order valence-corrected chi connectivity index (χ4v) is 1.41. The molecule has 0 radical (unpaired) electrons. The SMILES string of the molecule is N#Cc1cc(CNCCCC(F)(F)F)ccc1F. The van der Waals surface area contributed by atoms with E-state index in [-0.39, 0.29) is 18.5 Å². The van der Waals surface area contributed by atoms with E-state index in [4.69, 9.17) is 5.26 Å². The minimum Gasteiger partial charge on any atom is -0.313 e. The summed E-state index contributed by atoms with van der Waals surface area (Å²) in [4.78, 5) is 0. The second-order valence-electron chi connectivity index (χ2n) is 3.82. The average molecular weight is 260 g/mol. The zero-order valence-electron chi connectivity index (χ0n) is 9.52. The molecule has 1 N–H and O–H groups in total. The van der Waals surface area contributed by atoms with Crippen molar-refractivity contribution in [2.45, 2.75) is 25.6 Å². The summed E-state index contributed by atoms with van der Waals surface area (Å²) in [5.41, 5.74) is 0.601. The Morgan fingerprint density at radius 1 is 1.28 bits per heavy atom. The molecule has 0 unspecified atom stereocenters. The first-order valence-electron chi connectivity index (χ1n) is 5.38. The van der Waals surface area contributed by atoms with Crippen LogP contribution in [0.5, 0.6) is 0 Å². The van der Waals surface area contributed by atoms with Crippen molar-refractivity contribution in [3.05, 3.63) is 35.1 Å². The number of nitrogens with zero attached hydrogens (tertiary/aromatic N) is 1. The van der Waals surface area contributed by atoms with E-state index in [2.05, 4.69) is 5.32 Å². The lowest BCUT2D eigenvalue weighted by atomic mass is 10.1. The fraction of sp³-hybridized carbons (Fsp3) is 0.417. The Labute approximate surface area is 102 Å². The molecule has 0 aliphatic carbocycles. The summed E-state index contributed by atoms with van der Waals surface area (Å²) in [6.45, 7) is 0.533. The van der Waals surface area contributed by atoms with Gasteiger partial charge >= 0.3 is 6.18 Å². The highest BCUT2D eigenvalue weighted by atomic mass is 19.4. The minimum absolute atomic E-state index is 0.00416. The molecule has 1 aromatic carbocycles. The van der Waals surface area contributed by atoms with Crippen LogP contribution in [0.25, 0.3) is 0 Å². The Morgan fingerprint density at radius 2 is 2.00 bits per heavy atom. The van der Waals surface area contributed by atoms with Gasteiger partial charge in [0.2, 0.25) is 0 Å². The van der Waals surface area contributed by atoms with Gasteiger partial charge in [-0.3, -0.25) is 0 Å². The molecule has 0 aromatic heterocycles. The zero-order valence-corrected chi connectivity index (χ0v) is 9.52. The number of nitriles is 1. The number of hydrogen-bond donors (Lipinski definition) is 1. The van der Waals surface area contributed by atoms with Gasteiger partial charge in [-0.2, -0.15) is 18.4 Å². The van der Waals surface area contributed by atoms with Crippen LogP contribution in [-0.2, 0) is 6.54 Å².